The lowest BCUT2D eigenvalue weighted by atomic mass is 10.2. The monoisotopic (exact) mass is 414 g/mol. The quantitative estimate of drug-likeness (QED) is 0.725. The van der Waals surface area contributed by atoms with E-state index in [9.17, 15) is 13.2 Å². The van der Waals surface area contributed by atoms with Gasteiger partial charge in [-0.3, -0.25) is 9.10 Å². The Kier molecular flexibility index (Phi) is 6.92. The third-order valence-corrected chi connectivity index (χ3v) is 5.74. The van der Waals surface area contributed by atoms with Crippen molar-refractivity contribution in [1.82, 2.24) is 0 Å². The molecule has 2 rings (SSSR count). The first-order valence-electron chi connectivity index (χ1n) is 7.97. The van der Waals surface area contributed by atoms with Gasteiger partial charge >= 0.3 is 0 Å². The van der Waals surface area contributed by atoms with Gasteiger partial charge < -0.3 is 5.32 Å². The molecule has 0 aliphatic rings. The molecular weight excluding hydrogens is 395 g/mol. The van der Waals surface area contributed by atoms with Gasteiger partial charge in [-0.15, -0.1) is 0 Å². The lowest BCUT2D eigenvalue weighted by molar-refractivity contribution is -0.116. The number of hydrogen-bond acceptors (Lipinski definition) is 3. The Bertz CT molecular complexity index is 901. The van der Waals surface area contributed by atoms with Gasteiger partial charge in [0.2, 0.25) is 15.9 Å². The van der Waals surface area contributed by atoms with E-state index in [1.54, 1.807) is 49.4 Å². The van der Waals surface area contributed by atoms with Crippen LogP contribution in [0.4, 0.5) is 11.4 Å². The number of anilines is 2. The van der Waals surface area contributed by atoms with Crippen molar-refractivity contribution in [1.29, 1.82) is 0 Å². The highest BCUT2D eigenvalue weighted by Gasteiger charge is 2.20. The van der Waals surface area contributed by atoms with Crippen LogP contribution < -0.4 is 9.62 Å². The van der Waals surface area contributed by atoms with Crippen LogP contribution in [-0.4, -0.2) is 27.1 Å². The fraction of sp³-hybridized carbons (Fsp3) is 0.278. The third-order valence-electron chi connectivity index (χ3n) is 3.82. The van der Waals surface area contributed by atoms with E-state index in [2.05, 4.69) is 5.32 Å². The molecule has 0 saturated heterocycles. The van der Waals surface area contributed by atoms with Gasteiger partial charge in [0.15, 0.2) is 0 Å². The summed E-state index contributed by atoms with van der Waals surface area (Å²) in [4.78, 5) is 12.1. The minimum atomic E-state index is -3.50. The molecule has 8 heteroatoms. The van der Waals surface area contributed by atoms with Crippen molar-refractivity contribution in [2.45, 2.75) is 19.8 Å². The van der Waals surface area contributed by atoms with E-state index in [0.717, 1.165) is 6.26 Å². The molecule has 0 saturated carbocycles. The minimum Gasteiger partial charge on any atom is -0.325 e. The molecule has 0 spiro atoms. The van der Waals surface area contributed by atoms with Gasteiger partial charge in [-0.2, -0.15) is 0 Å². The molecule has 0 radical (unpaired) electrons. The maximum atomic E-state index is 12.2. The topological polar surface area (TPSA) is 66.5 Å². The van der Waals surface area contributed by atoms with Gasteiger partial charge in [0.1, 0.15) is 0 Å². The number of halogens is 2. The molecule has 0 bridgehead atoms. The predicted molar refractivity (Wildman–Crippen MR) is 108 cm³/mol. The third kappa shape index (κ3) is 5.37. The molecule has 140 valence electrons. The van der Waals surface area contributed by atoms with Gasteiger partial charge in [0, 0.05) is 18.0 Å². The second kappa shape index (κ2) is 8.75. The Morgan fingerprint density at radius 1 is 1.08 bits per heavy atom. The summed E-state index contributed by atoms with van der Waals surface area (Å²) in [6.45, 7) is 1.94. The van der Waals surface area contributed by atoms with Crippen molar-refractivity contribution in [3.8, 4) is 0 Å². The number of rotatable bonds is 7. The molecule has 0 aromatic heterocycles. The van der Waals surface area contributed by atoms with Crippen LogP contribution in [0.1, 0.15) is 18.4 Å². The van der Waals surface area contributed by atoms with Crippen LogP contribution >= 0.6 is 23.2 Å². The molecular formula is C18H20Cl2N2O3S. The Balaban J connectivity index is 2.03. The van der Waals surface area contributed by atoms with Gasteiger partial charge in [-0.1, -0.05) is 41.4 Å². The first-order valence-corrected chi connectivity index (χ1v) is 10.6. The Morgan fingerprint density at radius 2 is 1.73 bits per heavy atom. The summed E-state index contributed by atoms with van der Waals surface area (Å²) >= 11 is 12.1. The first kappa shape index (κ1) is 20.6. The maximum absolute atomic E-state index is 12.2. The second-order valence-electron chi connectivity index (χ2n) is 5.85. The highest BCUT2D eigenvalue weighted by molar-refractivity contribution is 7.92. The van der Waals surface area contributed by atoms with E-state index in [0.29, 0.717) is 33.4 Å². The largest absolute Gasteiger partial charge is 0.325 e. The number of sulfonamides is 1. The summed E-state index contributed by atoms with van der Waals surface area (Å²) in [7, 11) is -3.50. The predicted octanol–water partition coefficient (Wildman–Crippen LogP) is 4.49. The van der Waals surface area contributed by atoms with Crippen molar-refractivity contribution in [3.05, 3.63) is 58.1 Å². The summed E-state index contributed by atoms with van der Waals surface area (Å²) < 4.78 is 25.6. The van der Waals surface area contributed by atoms with E-state index in [1.165, 1.54) is 4.31 Å². The van der Waals surface area contributed by atoms with Crippen LogP contribution in [0.5, 0.6) is 0 Å². The Hall–Kier alpha value is -1.76. The van der Waals surface area contributed by atoms with Crippen molar-refractivity contribution in [2.24, 2.45) is 0 Å². The zero-order chi connectivity index (χ0) is 19.3. The number of para-hydroxylation sites is 1. The highest BCUT2D eigenvalue weighted by Crippen LogP contribution is 2.28. The van der Waals surface area contributed by atoms with Crippen molar-refractivity contribution >= 4 is 50.5 Å². The van der Waals surface area contributed by atoms with Crippen LogP contribution in [0, 0.1) is 6.92 Å². The normalized spacial score (nSPS) is 11.2. The second-order valence-corrected chi connectivity index (χ2v) is 8.57. The fourth-order valence-electron chi connectivity index (χ4n) is 2.49. The van der Waals surface area contributed by atoms with E-state index in [1.807, 2.05) is 0 Å². The highest BCUT2D eigenvalue weighted by atomic mass is 35.5. The van der Waals surface area contributed by atoms with Crippen LogP contribution in [0.25, 0.3) is 0 Å². The minimum absolute atomic E-state index is 0.164. The van der Waals surface area contributed by atoms with E-state index in [4.69, 9.17) is 23.2 Å². The number of benzene rings is 2. The maximum Gasteiger partial charge on any atom is 0.232 e. The first-order chi connectivity index (χ1) is 12.2. The molecule has 0 unspecified atom stereocenters. The molecule has 0 atom stereocenters. The molecule has 1 amide bonds. The lowest BCUT2D eigenvalue weighted by Crippen LogP contribution is -2.32. The molecule has 0 fully saturated rings. The molecule has 0 aliphatic carbocycles. The average molecular weight is 415 g/mol. The van der Waals surface area contributed by atoms with Crippen molar-refractivity contribution in [3.63, 3.8) is 0 Å². The lowest BCUT2D eigenvalue weighted by Gasteiger charge is -2.24. The summed E-state index contributed by atoms with van der Waals surface area (Å²) in [5.41, 5.74) is 1.73. The standard InChI is InChI=1S/C18H20Cl2N2O3S/c1-13-14(19)8-5-10-17(13)22(26(2,24)25)12-6-11-18(23)21-16-9-4-3-7-15(16)20/h3-5,7-10H,6,11-12H2,1-2H3,(H,21,23). The van der Waals surface area contributed by atoms with E-state index in [-0.39, 0.29) is 18.9 Å². The van der Waals surface area contributed by atoms with Crippen LogP contribution in [0.15, 0.2) is 42.5 Å². The summed E-state index contributed by atoms with van der Waals surface area (Å²) in [5.74, 6) is -0.227. The summed E-state index contributed by atoms with van der Waals surface area (Å²) in [6.07, 6.45) is 1.66. The number of nitrogens with zero attached hydrogens (tertiary/aromatic N) is 1. The number of carbonyl (C=O) groups excluding carboxylic acids is 1. The number of amides is 1. The summed E-state index contributed by atoms with van der Waals surface area (Å²) in [6, 6.07) is 12.0. The van der Waals surface area contributed by atoms with Crippen LogP contribution in [0.2, 0.25) is 10.0 Å². The molecule has 0 aliphatic heterocycles. The molecule has 0 heterocycles. The SMILES string of the molecule is Cc1c(Cl)cccc1N(CCCC(=O)Nc1ccccc1Cl)S(C)(=O)=O. The van der Waals surface area contributed by atoms with Crippen molar-refractivity contribution < 1.29 is 13.2 Å². The van der Waals surface area contributed by atoms with Crippen molar-refractivity contribution in [2.75, 3.05) is 22.4 Å². The Labute approximate surface area is 164 Å². The Morgan fingerprint density at radius 3 is 2.38 bits per heavy atom. The van der Waals surface area contributed by atoms with Gasteiger partial charge in [-0.25, -0.2) is 8.42 Å². The average Bonchev–Trinajstić information content (AvgIpc) is 2.56. The van der Waals surface area contributed by atoms with Crippen LogP contribution in [-0.2, 0) is 14.8 Å². The fourth-order valence-corrected chi connectivity index (χ4v) is 3.86. The molecule has 2 aromatic rings. The molecule has 2 aromatic carbocycles. The van der Waals surface area contributed by atoms with Gasteiger partial charge in [0.05, 0.1) is 22.7 Å². The van der Waals surface area contributed by atoms with Gasteiger partial charge in [0.25, 0.3) is 0 Å². The van der Waals surface area contributed by atoms with Crippen LogP contribution in [0.3, 0.4) is 0 Å². The number of carbonyl (C=O) groups is 1. The molecule has 1 N–H and O–H groups in total. The number of hydrogen-bond donors (Lipinski definition) is 1. The van der Waals surface area contributed by atoms with E-state index >= 15 is 0 Å². The van der Waals surface area contributed by atoms with Gasteiger partial charge in [-0.05, 0) is 43.2 Å². The summed E-state index contributed by atoms with van der Waals surface area (Å²) in [5, 5.41) is 3.67. The smallest absolute Gasteiger partial charge is 0.232 e. The van der Waals surface area contributed by atoms with E-state index < -0.39 is 10.0 Å². The molecule has 26 heavy (non-hydrogen) atoms. The number of nitrogens with one attached hydrogen (secondary N) is 1. The zero-order valence-corrected chi connectivity index (χ0v) is 16.8. The molecule has 5 nitrogen and oxygen atoms in total. The zero-order valence-electron chi connectivity index (χ0n) is 14.5.